The summed E-state index contributed by atoms with van der Waals surface area (Å²) in [6.45, 7) is 9.44. The van der Waals surface area contributed by atoms with Crippen molar-refractivity contribution in [3.63, 3.8) is 0 Å². The number of rotatable bonds is 8. The average molecular weight is 439 g/mol. The summed E-state index contributed by atoms with van der Waals surface area (Å²) in [5.41, 5.74) is 2.64. The number of aliphatic imine (C=N–C) groups is 1. The molecule has 0 saturated carbocycles. The van der Waals surface area contributed by atoms with Crippen molar-refractivity contribution in [3.8, 4) is 0 Å². The summed E-state index contributed by atoms with van der Waals surface area (Å²) < 4.78 is 5.73. The van der Waals surface area contributed by atoms with Gasteiger partial charge in [-0.05, 0) is 56.2 Å². The zero-order valence-corrected chi connectivity index (χ0v) is 19.6. The maximum absolute atomic E-state index is 5.73. The van der Waals surface area contributed by atoms with Gasteiger partial charge in [0.15, 0.2) is 5.96 Å². The summed E-state index contributed by atoms with van der Waals surface area (Å²) >= 11 is 0. The molecule has 2 aliphatic heterocycles. The molecule has 2 aliphatic rings. The molecule has 2 N–H and O–H groups in total. The largest absolute Gasteiger partial charge is 0.468 e. The monoisotopic (exact) mass is 438 g/mol. The highest BCUT2D eigenvalue weighted by molar-refractivity contribution is 5.79. The van der Waals surface area contributed by atoms with Crippen molar-refractivity contribution in [2.75, 3.05) is 59.9 Å². The summed E-state index contributed by atoms with van der Waals surface area (Å²) in [5.74, 6) is 1.84. The van der Waals surface area contributed by atoms with Crippen molar-refractivity contribution < 1.29 is 4.42 Å². The zero-order valence-electron chi connectivity index (χ0n) is 19.6. The van der Waals surface area contributed by atoms with Crippen LogP contribution in [0.1, 0.15) is 35.8 Å². The molecule has 174 valence electrons. The molecule has 7 nitrogen and oxygen atoms in total. The lowest BCUT2D eigenvalue weighted by molar-refractivity contribution is 0.148. The van der Waals surface area contributed by atoms with Crippen LogP contribution in [0, 0.1) is 0 Å². The first-order chi connectivity index (χ1) is 15.7. The van der Waals surface area contributed by atoms with Crippen LogP contribution in [0.3, 0.4) is 0 Å². The highest BCUT2D eigenvalue weighted by Crippen LogP contribution is 2.24. The Bertz CT molecular complexity index is 821. The van der Waals surface area contributed by atoms with Gasteiger partial charge in [-0.1, -0.05) is 24.3 Å². The molecule has 32 heavy (non-hydrogen) atoms. The summed E-state index contributed by atoms with van der Waals surface area (Å²) in [5, 5.41) is 6.96. The van der Waals surface area contributed by atoms with Crippen LogP contribution in [0.15, 0.2) is 52.1 Å². The molecule has 1 atom stereocenters. The summed E-state index contributed by atoms with van der Waals surface area (Å²) in [7, 11) is 4.03. The van der Waals surface area contributed by atoms with E-state index in [4.69, 9.17) is 4.42 Å². The minimum Gasteiger partial charge on any atom is -0.468 e. The molecule has 0 bridgehead atoms. The number of furan rings is 1. The number of hydrogen-bond acceptors (Lipinski definition) is 5. The van der Waals surface area contributed by atoms with Gasteiger partial charge in [0, 0.05) is 52.9 Å². The highest BCUT2D eigenvalue weighted by Gasteiger charge is 2.25. The number of nitrogens with zero attached hydrogens (tertiary/aromatic N) is 4. The van der Waals surface area contributed by atoms with Gasteiger partial charge in [-0.3, -0.25) is 14.8 Å². The second kappa shape index (κ2) is 11.5. The average Bonchev–Trinajstić information content (AvgIpc) is 3.54. The molecule has 4 rings (SSSR count). The van der Waals surface area contributed by atoms with Crippen molar-refractivity contribution in [2.24, 2.45) is 4.99 Å². The van der Waals surface area contributed by atoms with E-state index in [0.717, 1.165) is 70.6 Å². The minimum absolute atomic E-state index is 0.236. The van der Waals surface area contributed by atoms with Crippen LogP contribution >= 0.6 is 0 Å². The van der Waals surface area contributed by atoms with E-state index in [1.165, 1.54) is 24.0 Å². The van der Waals surface area contributed by atoms with Crippen molar-refractivity contribution in [1.29, 1.82) is 0 Å². The number of piperazine rings is 1. The van der Waals surface area contributed by atoms with E-state index in [1.807, 2.05) is 13.1 Å². The first-order valence-corrected chi connectivity index (χ1v) is 11.9. The highest BCUT2D eigenvalue weighted by atomic mass is 16.3. The lowest BCUT2D eigenvalue weighted by Gasteiger charge is -2.32. The number of hydrogen-bond donors (Lipinski definition) is 2. The summed E-state index contributed by atoms with van der Waals surface area (Å²) in [4.78, 5) is 11.9. The fourth-order valence-corrected chi connectivity index (χ4v) is 4.57. The second-order valence-corrected chi connectivity index (χ2v) is 8.98. The van der Waals surface area contributed by atoms with Gasteiger partial charge in [0.25, 0.3) is 0 Å². The Labute approximate surface area is 192 Å². The molecule has 2 aromatic rings. The predicted octanol–water partition coefficient (Wildman–Crippen LogP) is 2.53. The SMILES string of the molecule is CN=C(NCc1ccc(CN2CCN(C)CC2)cc1)NCC(c1ccco1)N1CCCC1. The van der Waals surface area contributed by atoms with E-state index in [9.17, 15) is 0 Å². The van der Waals surface area contributed by atoms with E-state index < -0.39 is 0 Å². The third kappa shape index (κ3) is 6.34. The maximum Gasteiger partial charge on any atom is 0.191 e. The van der Waals surface area contributed by atoms with Crippen LogP contribution in [0.4, 0.5) is 0 Å². The molecule has 0 amide bonds. The Balaban J connectivity index is 1.25. The number of guanidine groups is 1. The fraction of sp³-hybridized carbons (Fsp3) is 0.560. The lowest BCUT2D eigenvalue weighted by atomic mass is 10.1. The van der Waals surface area contributed by atoms with Crippen LogP contribution in [0.2, 0.25) is 0 Å². The molecule has 1 aromatic heterocycles. The first-order valence-electron chi connectivity index (χ1n) is 11.9. The molecule has 0 aliphatic carbocycles. The van der Waals surface area contributed by atoms with E-state index in [0.29, 0.717) is 0 Å². The van der Waals surface area contributed by atoms with Gasteiger partial charge in [-0.2, -0.15) is 0 Å². The van der Waals surface area contributed by atoms with Crippen LogP contribution in [0.25, 0.3) is 0 Å². The van der Waals surface area contributed by atoms with Crippen molar-refractivity contribution in [3.05, 3.63) is 59.5 Å². The topological polar surface area (TPSA) is 59.3 Å². The van der Waals surface area contributed by atoms with Crippen LogP contribution in [-0.2, 0) is 13.1 Å². The molecule has 1 aromatic carbocycles. The zero-order chi connectivity index (χ0) is 22.2. The Kier molecular flexibility index (Phi) is 8.20. The minimum atomic E-state index is 0.236. The number of benzene rings is 1. The standard InChI is InChI=1S/C25H38N6O/c1-26-25(28-19-23(24-6-5-17-32-24)31-11-3-4-12-31)27-18-21-7-9-22(10-8-21)20-30-15-13-29(2)14-16-30/h5-10,17,23H,3-4,11-16,18-20H2,1-2H3,(H2,26,27,28). The van der Waals surface area contributed by atoms with E-state index in [-0.39, 0.29) is 6.04 Å². The van der Waals surface area contributed by atoms with Gasteiger partial charge >= 0.3 is 0 Å². The van der Waals surface area contributed by atoms with E-state index >= 15 is 0 Å². The molecule has 0 spiro atoms. The quantitative estimate of drug-likeness (QED) is 0.488. The van der Waals surface area contributed by atoms with E-state index in [2.05, 4.69) is 67.7 Å². The van der Waals surface area contributed by atoms with Crippen LogP contribution in [0.5, 0.6) is 0 Å². The van der Waals surface area contributed by atoms with Crippen LogP contribution in [-0.4, -0.2) is 80.6 Å². The fourth-order valence-electron chi connectivity index (χ4n) is 4.57. The molecular formula is C25H38N6O. The molecule has 2 fully saturated rings. The molecule has 0 radical (unpaired) electrons. The molecular weight excluding hydrogens is 400 g/mol. The van der Waals surface area contributed by atoms with Crippen LogP contribution < -0.4 is 10.6 Å². The molecule has 7 heteroatoms. The van der Waals surface area contributed by atoms with Gasteiger partial charge in [-0.25, -0.2) is 0 Å². The number of likely N-dealkylation sites (N-methyl/N-ethyl adjacent to an activating group) is 1. The Morgan fingerprint density at radius 2 is 1.69 bits per heavy atom. The van der Waals surface area contributed by atoms with Gasteiger partial charge in [0.2, 0.25) is 0 Å². The smallest absolute Gasteiger partial charge is 0.191 e. The summed E-state index contributed by atoms with van der Waals surface area (Å²) in [6.07, 6.45) is 4.28. The molecule has 1 unspecified atom stereocenters. The van der Waals surface area contributed by atoms with Gasteiger partial charge < -0.3 is 20.0 Å². The predicted molar refractivity (Wildman–Crippen MR) is 130 cm³/mol. The Morgan fingerprint density at radius 1 is 0.969 bits per heavy atom. The third-order valence-electron chi connectivity index (χ3n) is 6.62. The Hall–Kier alpha value is -2.35. The molecule has 2 saturated heterocycles. The second-order valence-electron chi connectivity index (χ2n) is 8.98. The Morgan fingerprint density at radius 3 is 2.34 bits per heavy atom. The van der Waals surface area contributed by atoms with Crippen molar-refractivity contribution >= 4 is 5.96 Å². The number of likely N-dealkylation sites (tertiary alicyclic amines) is 1. The number of nitrogens with one attached hydrogen (secondary N) is 2. The van der Waals surface area contributed by atoms with Crippen molar-refractivity contribution in [2.45, 2.75) is 32.0 Å². The van der Waals surface area contributed by atoms with Crippen molar-refractivity contribution in [1.82, 2.24) is 25.3 Å². The summed E-state index contributed by atoms with van der Waals surface area (Å²) in [6, 6.07) is 13.2. The molecule has 3 heterocycles. The lowest BCUT2D eigenvalue weighted by Crippen LogP contribution is -2.43. The van der Waals surface area contributed by atoms with Gasteiger partial charge in [-0.15, -0.1) is 0 Å². The van der Waals surface area contributed by atoms with Gasteiger partial charge in [0.05, 0.1) is 12.3 Å². The third-order valence-corrected chi connectivity index (χ3v) is 6.62. The van der Waals surface area contributed by atoms with E-state index in [1.54, 1.807) is 6.26 Å². The normalized spacial score (nSPS) is 19.9. The van der Waals surface area contributed by atoms with Gasteiger partial charge in [0.1, 0.15) is 5.76 Å². The first kappa shape index (κ1) is 22.8. The maximum atomic E-state index is 5.73.